The molecule has 174 valence electrons. The molecule has 2 heterocycles. The van der Waals surface area contributed by atoms with Crippen molar-refractivity contribution in [2.45, 2.75) is 26.0 Å². The maximum atomic E-state index is 13.8. The lowest BCUT2D eigenvalue weighted by atomic mass is 9.92. The Hall–Kier alpha value is -3.77. The molecule has 1 unspecified atom stereocenters. The Morgan fingerprint density at radius 1 is 1.15 bits per heavy atom. The van der Waals surface area contributed by atoms with E-state index in [-0.39, 0.29) is 47.1 Å². The molecular formula is C25H21FN2O5S. The van der Waals surface area contributed by atoms with Crippen LogP contribution in [0.25, 0.3) is 6.08 Å². The molecule has 0 bridgehead atoms. The predicted octanol–water partition coefficient (Wildman–Crippen LogP) is 3.18. The first-order chi connectivity index (χ1) is 16.2. The predicted molar refractivity (Wildman–Crippen MR) is 122 cm³/mol. The van der Waals surface area contributed by atoms with E-state index < -0.39 is 27.7 Å². The molecule has 0 spiro atoms. The number of ether oxygens (including phenoxy) is 1. The number of nitriles is 1. The molecule has 2 aromatic carbocycles. The second-order valence-corrected chi connectivity index (χ2v) is 10.4. The number of carbonyl (C=O) groups excluding carboxylic acids is 2. The summed E-state index contributed by atoms with van der Waals surface area (Å²) >= 11 is 0. The number of carbonyl (C=O) groups is 2. The number of hydrogen-bond acceptors (Lipinski definition) is 6. The lowest BCUT2D eigenvalue weighted by Gasteiger charge is -2.31. The summed E-state index contributed by atoms with van der Waals surface area (Å²) < 4.78 is 43.2. The van der Waals surface area contributed by atoms with Crippen LogP contribution in [0.5, 0.6) is 5.75 Å². The Bertz CT molecular complexity index is 1370. The van der Waals surface area contributed by atoms with Crippen LogP contribution in [0.4, 0.5) is 4.39 Å². The summed E-state index contributed by atoms with van der Waals surface area (Å²) in [5, 5.41) is 9.52. The molecule has 2 aliphatic rings. The topological polar surface area (TPSA) is 105 Å². The van der Waals surface area contributed by atoms with E-state index in [1.807, 2.05) is 6.07 Å². The summed E-state index contributed by atoms with van der Waals surface area (Å²) in [5.74, 6) is -1.65. The fraction of sp³-hybridized carbons (Fsp3) is 0.240. The quantitative estimate of drug-likeness (QED) is 0.481. The molecule has 2 aliphatic heterocycles. The van der Waals surface area contributed by atoms with Gasteiger partial charge in [0.15, 0.2) is 9.84 Å². The highest BCUT2D eigenvalue weighted by atomic mass is 32.2. The molecule has 0 aromatic heterocycles. The SMILES string of the molecule is CC1=C(C#N)C(=O)N(C2CCS(=O)(=O)C2)C(=O)/C1=C\c1ccc(OCc2ccccc2F)cc1. The van der Waals surface area contributed by atoms with E-state index in [2.05, 4.69) is 0 Å². The first-order valence-corrected chi connectivity index (χ1v) is 12.4. The van der Waals surface area contributed by atoms with Gasteiger partial charge in [0.05, 0.1) is 17.5 Å². The highest BCUT2D eigenvalue weighted by molar-refractivity contribution is 7.91. The number of halogens is 1. The third-order valence-corrected chi connectivity index (χ3v) is 7.64. The number of nitrogens with zero attached hydrogens (tertiary/aromatic N) is 2. The number of imide groups is 1. The zero-order chi connectivity index (χ0) is 24.5. The molecular weight excluding hydrogens is 459 g/mol. The Morgan fingerprint density at radius 2 is 1.85 bits per heavy atom. The van der Waals surface area contributed by atoms with Crippen molar-refractivity contribution in [1.29, 1.82) is 5.26 Å². The van der Waals surface area contributed by atoms with Crippen LogP contribution in [-0.2, 0) is 26.0 Å². The molecule has 1 fully saturated rings. The van der Waals surface area contributed by atoms with E-state index in [9.17, 15) is 27.7 Å². The third kappa shape index (κ3) is 4.63. The van der Waals surface area contributed by atoms with Crippen molar-refractivity contribution in [3.8, 4) is 11.8 Å². The van der Waals surface area contributed by atoms with Gasteiger partial charge in [-0.3, -0.25) is 14.5 Å². The van der Waals surface area contributed by atoms with Gasteiger partial charge in [-0.2, -0.15) is 5.26 Å². The molecule has 7 nitrogen and oxygen atoms in total. The van der Waals surface area contributed by atoms with Crippen LogP contribution in [0, 0.1) is 17.1 Å². The molecule has 0 saturated carbocycles. The van der Waals surface area contributed by atoms with E-state index in [1.165, 1.54) is 13.0 Å². The molecule has 0 N–H and O–H groups in total. The fourth-order valence-electron chi connectivity index (χ4n) is 4.01. The maximum Gasteiger partial charge on any atom is 0.271 e. The van der Waals surface area contributed by atoms with Crippen LogP contribution in [-0.4, -0.2) is 42.7 Å². The highest BCUT2D eigenvalue weighted by Gasteiger charge is 2.43. The molecule has 0 aliphatic carbocycles. The van der Waals surface area contributed by atoms with Gasteiger partial charge in [-0.25, -0.2) is 12.8 Å². The fourth-order valence-corrected chi connectivity index (χ4v) is 5.71. The largest absolute Gasteiger partial charge is 0.489 e. The maximum absolute atomic E-state index is 13.8. The number of sulfone groups is 1. The average Bonchev–Trinajstić information content (AvgIpc) is 3.16. The first-order valence-electron chi connectivity index (χ1n) is 10.6. The number of hydrogen-bond donors (Lipinski definition) is 0. The molecule has 9 heteroatoms. The molecule has 1 atom stereocenters. The van der Waals surface area contributed by atoms with Crippen LogP contribution in [0.1, 0.15) is 24.5 Å². The third-order valence-electron chi connectivity index (χ3n) is 5.89. The lowest BCUT2D eigenvalue weighted by Crippen LogP contribution is -2.49. The summed E-state index contributed by atoms with van der Waals surface area (Å²) in [5.41, 5.74) is 1.26. The normalized spacial score (nSPS) is 21.1. The van der Waals surface area contributed by atoms with Gasteiger partial charge in [-0.05, 0) is 48.8 Å². The van der Waals surface area contributed by atoms with Crippen molar-refractivity contribution in [1.82, 2.24) is 4.90 Å². The van der Waals surface area contributed by atoms with Crippen molar-refractivity contribution < 1.29 is 27.1 Å². The Balaban J connectivity index is 1.58. The van der Waals surface area contributed by atoms with Gasteiger partial charge in [0.1, 0.15) is 29.8 Å². The van der Waals surface area contributed by atoms with Crippen LogP contribution in [0.3, 0.4) is 0 Å². The van der Waals surface area contributed by atoms with Crippen molar-refractivity contribution in [2.75, 3.05) is 11.5 Å². The molecule has 1 saturated heterocycles. The summed E-state index contributed by atoms with van der Waals surface area (Å²) in [6, 6.07) is 14.1. The average molecular weight is 481 g/mol. The number of benzene rings is 2. The monoisotopic (exact) mass is 480 g/mol. The van der Waals surface area contributed by atoms with Crippen molar-refractivity contribution in [2.24, 2.45) is 0 Å². The van der Waals surface area contributed by atoms with Gasteiger partial charge in [0, 0.05) is 11.1 Å². The van der Waals surface area contributed by atoms with Crippen LogP contribution in [0.2, 0.25) is 0 Å². The minimum atomic E-state index is -3.34. The van der Waals surface area contributed by atoms with Gasteiger partial charge in [-0.1, -0.05) is 30.3 Å². The molecule has 0 radical (unpaired) electrons. The summed E-state index contributed by atoms with van der Waals surface area (Å²) in [6.45, 7) is 1.58. The van der Waals surface area contributed by atoms with E-state index in [1.54, 1.807) is 48.5 Å². The van der Waals surface area contributed by atoms with Crippen molar-refractivity contribution >= 4 is 27.7 Å². The summed E-state index contributed by atoms with van der Waals surface area (Å²) in [4.78, 5) is 26.9. The minimum absolute atomic E-state index is 0.0559. The zero-order valence-electron chi connectivity index (χ0n) is 18.3. The van der Waals surface area contributed by atoms with Crippen molar-refractivity contribution in [3.63, 3.8) is 0 Å². The summed E-state index contributed by atoms with van der Waals surface area (Å²) in [6.07, 6.45) is 1.71. The standard InChI is InChI=1S/C25H21FN2O5S/c1-16-21(24(29)28(25(30)22(16)13-27)19-10-11-34(31,32)15-19)12-17-6-8-20(9-7-17)33-14-18-4-2-3-5-23(18)26/h2-9,12,19H,10-11,14-15H2,1H3/b21-12-. The zero-order valence-corrected chi connectivity index (χ0v) is 19.1. The molecule has 2 aromatic rings. The molecule has 4 rings (SSSR count). The van der Waals surface area contributed by atoms with E-state index >= 15 is 0 Å². The van der Waals surface area contributed by atoms with Crippen molar-refractivity contribution in [3.05, 3.63) is 82.2 Å². The second kappa shape index (κ2) is 9.23. The molecule has 34 heavy (non-hydrogen) atoms. The van der Waals surface area contributed by atoms with E-state index in [0.29, 0.717) is 16.9 Å². The number of rotatable bonds is 5. The van der Waals surface area contributed by atoms with Gasteiger partial charge < -0.3 is 4.74 Å². The minimum Gasteiger partial charge on any atom is -0.489 e. The first kappa shape index (κ1) is 23.4. The second-order valence-electron chi connectivity index (χ2n) is 8.16. The van der Waals surface area contributed by atoms with Crippen LogP contribution >= 0.6 is 0 Å². The Labute approximate surface area is 196 Å². The van der Waals surface area contributed by atoms with E-state index in [0.717, 1.165) is 4.90 Å². The smallest absolute Gasteiger partial charge is 0.271 e. The van der Waals surface area contributed by atoms with Crippen LogP contribution < -0.4 is 4.74 Å². The van der Waals surface area contributed by atoms with Gasteiger partial charge in [0.25, 0.3) is 11.8 Å². The molecule has 2 amide bonds. The lowest BCUT2D eigenvalue weighted by molar-refractivity contribution is -0.142. The number of amides is 2. The summed E-state index contributed by atoms with van der Waals surface area (Å²) in [7, 11) is -3.34. The highest BCUT2D eigenvalue weighted by Crippen LogP contribution is 2.31. The van der Waals surface area contributed by atoms with E-state index in [4.69, 9.17) is 4.74 Å². The Morgan fingerprint density at radius 3 is 2.47 bits per heavy atom. The van der Waals surface area contributed by atoms with Gasteiger partial charge in [-0.15, -0.1) is 0 Å². The van der Waals surface area contributed by atoms with Gasteiger partial charge >= 0.3 is 0 Å². The van der Waals surface area contributed by atoms with Gasteiger partial charge in [0.2, 0.25) is 0 Å². The Kier molecular flexibility index (Phi) is 6.35. The van der Waals surface area contributed by atoms with Crippen LogP contribution in [0.15, 0.2) is 65.3 Å².